The molecule has 0 heterocycles. The van der Waals surface area contributed by atoms with E-state index >= 15 is 0 Å². The average molecular weight is 412 g/mol. The van der Waals surface area contributed by atoms with Crippen LogP contribution in [0.15, 0.2) is 4.90 Å². The Labute approximate surface area is 158 Å². The maximum atomic E-state index is 13.9. The minimum atomic E-state index is -5.40. The molecule has 0 aromatic heterocycles. The number of rotatable bonds is 13. The largest absolute Gasteiger partial charge is 0.300 e. The number of hydrogen-bond acceptors (Lipinski definition) is 2. The van der Waals surface area contributed by atoms with Gasteiger partial charge in [0.15, 0.2) is 28.2 Å². The highest BCUT2D eigenvalue weighted by Gasteiger charge is 2.31. The molecule has 3 nitrogen and oxygen atoms in total. The molecule has 1 rings (SSSR count). The van der Waals surface area contributed by atoms with Crippen molar-refractivity contribution in [3.05, 3.63) is 28.8 Å². The molecule has 0 radical (unpaired) electrons. The van der Waals surface area contributed by atoms with E-state index in [4.69, 9.17) is 4.55 Å². The van der Waals surface area contributed by atoms with Crippen LogP contribution in [-0.2, 0) is 16.5 Å². The monoisotopic (exact) mass is 412 g/mol. The predicted molar refractivity (Wildman–Crippen MR) is 96.3 cm³/mol. The fourth-order valence-electron chi connectivity index (χ4n) is 3.07. The predicted octanol–water partition coefficient (Wildman–Crippen LogP) is 6.34. The second-order valence-corrected chi connectivity index (χ2v) is 8.18. The average Bonchev–Trinajstić information content (AvgIpc) is 2.59. The van der Waals surface area contributed by atoms with Crippen molar-refractivity contribution in [3.63, 3.8) is 0 Å². The molecule has 0 saturated heterocycles. The molecule has 0 saturated carbocycles. The molecule has 0 aliphatic carbocycles. The summed E-state index contributed by atoms with van der Waals surface area (Å²) in [5.41, 5.74) is -0.826. The Bertz CT molecular complexity index is 676. The van der Waals surface area contributed by atoms with Crippen molar-refractivity contribution in [1.82, 2.24) is 0 Å². The normalized spacial score (nSPS) is 11.9. The second kappa shape index (κ2) is 11.6. The first-order chi connectivity index (χ1) is 12.7. The lowest BCUT2D eigenvalue weighted by atomic mass is 10.0. The van der Waals surface area contributed by atoms with Gasteiger partial charge in [-0.3, -0.25) is 4.55 Å². The van der Waals surface area contributed by atoms with Crippen molar-refractivity contribution in [3.8, 4) is 0 Å². The maximum absolute atomic E-state index is 13.9. The van der Waals surface area contributed by atoms with Crippen molar-refractivity contribution in [2.45, 2.75) is 88.9 Å². The van der Waals surface area contributed by atoms with Gasteiger partial charge < -0.3 is 0 Å². The molecule has 0 atom stereocenters. The molecule has 0 spiro atoms. The zero-order chi connectivity index (χ0) is 20.4. The molecule has 1 aromatic rings. The van der Waals surface area contributed by atoms with Gasteiger partial charge in [-0.1, -0.05) is 71.1 Å². The maximum Gasteiger partial charge on any atom is 0.300 e. The summed E-state index contributed by atoms with van der Waals surface area (Å²) in [6, 6.07) is 0. The van der Waals surface area contributed by atoms with Gasteiger partial charge in [0, 0.05) is 5.56 Å². The highest BCUT2D eigenvalue weighted by Crippen LogP contribution is 2.28. The summed E-state index contributed by atoms with van der Waals surface area (Å²) in [5, 5.41) is 0. The SMILES string of the molecule is CCCCCCCCCCCCCc1c(F)c(F)c(S(=O)(=O)O)c(F)c1F. The molecule has 8 heteroatoms. The van der Waals surface area contributed by atoms with E-state index in [0.717, 1.165) is 25.7 Å². The Morgan fingerprint density at radius 1 is 0.667 bits per heavy atom. The van der Waals surface area contributed by atoms with Crippen molar-refractivity contribution < 1.29 is 30.5 Å². The molecule has 1 N–H and O–H groups in total. The quantitative estimate of drug-likeness (QED) is 0.178. The van der Waals surface area contributed by atoms with Crippen LogP contribution in [0, 0.1) is 23.3 Å². The summed E-state index contributed by atoms with van der Waals surface area (Å²) in [6.45, 7) is 2.17. The number of unbranched alkanes of at least 4 members (excludes halogenated alkanes) is 10. The van der Waals surface area contributed by atoms with Crippen LogP contribution in [0.25, 0.3) is 0 Å². The van der Waals surface area contributed by atoms with E-state index in [2.05, 4.69) is 6.92 Å². The third-order valence-corrected chi connectivity index (χ3v) is 5.48. The fraction of sp³-hybridized carbons (Fsp3) is 0.684. The van der Waals surface area contributed by atoms with Crippen molar-refractivity contribution in [2.75, 3.05) is 0 Å². The Hall–Kier alpha value is -1.15. The minimum Gasteiger partial charge on any atom is -0.282 e. The Morgan fingerprint density at radius 3 is 1.41 bits per heavy atom. The van der Waals surface area contributed by atoms with Gasteiger partial charge in [0.25, 0.3) is 0 Å². The van der Waals surface area contributed by atoms with Gasteiger partial charge in [-0.25, -0.2) is 17.6 Å². The smallest absolute Gasteiger partial charge is 0.282 e. The first kappa shape index (κ1) is 23.9. The molecule has 0 amide bonds. The number of benzene rings is 1. The molecule has 0 unspecified atom stereocenters. The van der Waals surface area contributed by atoms with E-state index in [1.165, 1.54) is 32.1 Å². The van der Waals surface area contributed by atoms with Gasteiger partial charge in [-0.05, 0) is 12.8 Å². The molecule has 0 aliphatic rings. The zero-order valence-electron chi connectivity index (χ0n) is 15.7. The van der Waals surface area contributed by atoms with Gasteiger partial charge in [-0.15, -0.1) is 0 Å². The van der Waals surface area contributed by atoms with Gasteiger partial charge in [0.1, 0.15) is 0 Å². The topological polar surface area (TPSA) is 54.4 Å². The van der Waals surface area contributed by atoms with Crippen LogP contribution in [-0.4, -0.2) is 13.0 Å². The van der Waals surface area contributed by atoms with E-state index in [9.17, 15) is 26.0 Å². The lowest BCUT2D eigenvalue weighted by Crippen LogP contribution is -2.13. The zero-order valence-corrected chi connectivity index (χ0v) is 16.5. The Balaban J connectivity index is 2.44. The lowest BCUT2D eigenvalue weighted by molar-refractivity contribution is 0.392. The number of hydrogen-bond donors (Lipinski definition) is 1. The van der Waals surface area contributed by atoms with Crippen molar-refractivity contribution in [2.24, 2.45) is 0 Å². The molecule has 0 fully saturated rings. The van der Waals surface area contributed by atoms with E-state index in [1.54, 1.807) is 0 Å². The highest BCUT2D eigenvalue weighted by molar-refractivity contribution is 7.85. The minimum absolute atomic E-state index is 0.242. The molecule has 156 valence electrons. The molecule has 0 aliphatic heterocycles. The summed E-state index contributed by atoms with van der Waals surface area (Å²) in [4.78, 5) is -1.99. The first-order valence-electron chi connectivity index (χ1n) is 9.54. The first-order valence-corrected chi connectivity index (χ1v) is 11.0. The van der Waals surface area contributed by atoms with Crippen LogP contribution < -0.4 is 0 Å². The van der Waals surface area contributed by atoms with Crippen LogP contribution in [0.5, 0.6) is 0 Å². The van der Waals surface area contributed by atoms with Gasteiger partial charge in [0.2, 0.25) is 0 Å². The Kier molecular flexibility index (Phi) is 10.3. The van der Waals surface area contributed by atoms with E-state index in [1.807, 2.05) is 0 Å². The van der Waals surface area contributed by atoms with E-state index in [0.29, 0.717) is 12.8 Å². The third kappa shape index (κ3) is 7.41. The summed E-state index contributed by atoms with van der Waals surface area (Å²) in [7, 11) is -5.40. The van der Waals surface area contributed by atoms with Crippen molar-refractivity contribution in [1.29, 1.82) is 0 Å². The molecular weight excluding hydrogens is 384 g/mol. The van der Waals surface area contributed by atoms with Crippen LogP contribution in [0.3, 0.4) is 0 Å². The van der Waals surface area contributed by atoms with E-state index < -0.39 is 43.8 Å². The van der Waals surface area contributed by atoms with Crippen LogP contribution in [0.2, 0.25) is 0 Å². The van der Waals surface area contributed by atoms with Crippen LogP contribution >= 0.6 is 0 Å². The van der Waals surface area contributed by atoms with Crippen LogP contribution in [0.1, 0.15) is 83.1 Å². The molecular formula is C19H28F4O3S. The summed E-state index contributed by atoms with van der Waals surface area (Å²) in [6.07, 6.45) is 11.0. The standard InChI is InChI=1S/C19H28F4O3S/c1-2-3-4-5-6-7-8-9-10-11-12-13-14-15(20)17(22)19(27(24,25)26)18(23)16(14)21/h2-13H2,1H3,(H,24,25,26). The number of halogens is 4. The van der Waals surface area contributed by atoms with Crippen LogP contribution in [0.4, 0.5) is 17.6 Å². The second-order valence-electron chi connectivity index (χ2n) is 6.82. The van der Waals surface area contributed by atoms with Gasteiger partial charge in [0.05, 0.1) is 0 Å². The summed E-state index contributed by atoms with van der Waals surface area (Å²) >= 11 is 0. The molecule has 27 heavy (non-hydrogen) atoms. The van der Waals surface area contributed by atoms with Gasteiger partial charge >= 0.3 is 10.1 Å². The highest BCUT2D eigenvalue weighted by atomic mass is 32.2. The van der Waals surface area contributed by atoms with Crippen molar-refractivity contribution >= 4 is 10.1 Å². The van der Waals surface area contributed by atoms with E-state index in [-0.39, 0.29) is 6.42 Å². The third-order valence-electron chi connectivity index (χ3n) is 4.60. The summed E-state index contributed by atoms with van der Waals surface area (Å²) < 4.78 is 85.7. The van der Waals surface area contributed by atoms with Gasteiger partial charge in [-0.2, -0.15) is 8.42 Å². The molecule has 1 aromatic carbocycles. The molecule has 0 bridgehead atoms. The summed E-state index contributed by atoms with van der Waals surface area (Å²) in [5.74, 6) is -7.72. The fourth-order valence-corrected chi connectivity index (χ4v) is 3.70. The Morgan fingerprint density at radius 2 is 1.04 bits per heavy atom. The lowest BCUT2D eigenvalue weighted by Gasteiger charge is -2.10.